The van der Waals surface area contributed by atoms with Crippen LogP contribution in [-0.2, 0) is 6.54 Å². The van der Waals surface area contributed by atoms with Crippen LogP contribution in [0.3, 0.4) is 0 Å². The Bertz CT molecular complexity index is 343. The lowest BCUT2D eigenvalue weighted by Gasteiger charge is -2.11. The van der Waals surface area contributed by atoms with Crippen LogP contribution in [0.1, 0.15) is 103 Å². The van der Waals surface area contributed by atoms with Crippen LogP contribution in [0, 0.1) is 0 Å². The Morgan fingerprint density at radius 1 is 0.905 bits per heavy atom. The monoisotopic (exact) mass is 293 g/mol. The second kappa shape index (κ2) is 11.8. The van der Waals surface area contributed by atoms with E-state index in [-0.39, 0.29) is 0 Å². The fraction of sp³-hybridized carbons (Fsp3) is 0.842. The lowest BCUT2D eigenvalue weighted by atomic mass is 9.97. The molecule has 21 heavy (non-hydrogen) atoms. The van der Waals surface area contributed by atoms with Gasteiger partial charge in [0, 0.05) is 0 Å². The van der Waals surface area contributed by atoms with Crippen molar-refractivity contribution in [3.8, 4) is 0 Å². The molecule has 1 N–H and O–H groups in total. The Kier molecular flexibility index (Phi) is 10.3. The van der Waals surface area contributed by atoms with Crippen molar-refractivity contribution in [2.75, 3.05) is 0 Å². The number of imidazole rings is 1. The van der Waals surface area contributed by atoms with E-state index < -0.39 is 0 Å². The number of hydrogen-bond acceptors (Lipinski definition) is 0. The quantitative estimate of drug-likeness (QED) is 0.353. The zero-order valence-electron chi connectivity index (χ0n) is 14.7. The van der Waals surface area contributed by atoms with Crippen LogP contribution in [0.25, 0.3) is 0 Å². The van der Waals surface area contributed by atoms with Gasteiger partial charge in [0.1, 0.15) is 12.4 Å². The van der Waals surface area contributed by atoms with Gasteiger partial charge in [-0.2, -0.15) is 0 Å². The molecule has 0 aliphatic rings. The minimum atomic E-state index is 0.713. The van der Waals surface area contributed by atoms with Gasteiger partial charge >= 0.3 is 0 Å². The fourth-order valence-electron chi connectivity index (χ4n) is 3.24. The largest absolute Gasteiger partial charge is 0.257 e. The molecule has 1 heterocycles. The molecule has 0 bridgehead atoms. The van der Waals surface area contributed by atoms with Crippen LogP contribution in [0.4, 0.5) is 0 Å². The van der Waals surface area contributed by atoms with Crippen molar-refractivity contribution < 1.29 is 4.57 Å². The van der Waals surface area contributed by atoms with Crippen molar-refractivity contribution in [2.24, 2.45) is 0 Å². The predicted octanol–water partition coefficient (Wildman–Crippen LogP) is 5.74. The molecule has 0 saturated carbocycles. The van der Waals surface area contributed by atoms with E-state index in [1.807, 2.05) is 0 Å². The number of rotatable bonds is 13. The number of aryl methyl sites for hydroxylation is 1. The van der Waals surface area contributed by atoms with E-state index in [1.165, 1.54) is 76.5 Å². The molecule has 1 rings (SSSR count). The predicted molar refractivity (Wildman–Crippen MR) is 91.5 cm³/mol. The molecule has 0 unspecified atom stereocenters. The Hall–Kier alpha value is -0.790. The molecule has 0 aliphatic heterocycles. The van der Waals surface area contributed by atoms with E-state index in [4.69, 9.17) is 0 Å². The third-order valence-electron chi connectivity index (χ3n) is 4.67. The average molecular weight is 294 g/mol. The molecule has 1 aromatic heterocycles. The zero-order chi connectivity index (χ0) is 15.3. The van der Waals surface area contributed by atoms with Gasteiger partial charge in [0.15, 0.2) is 0 Å². The smallest absolute Gasteiger partial charge is 0.247 e. The fourth-order valence-corrected chi connectivity index (χ4v) is 3.24. The van der Waals surface area contributed by atoms with Crippen molar-refractivity contribution in [2.45, 2.75) is 104 Å². The summed E-state index contributed by atoms with van der Waals surface area (Å²) in [6.45, 7) is 7.91. The van der Waals surface area contributed by atoms with Gasteiger partial charge in [0.2, 0.25) is 0 Å². The summed E-state index contributed by atoms with van der Waals surface area (Å²) in [5, 5.41) is 0. The van der Waals surface area contributed by atoms with Gasteiger partial charge in [-0.05, 0) is 19.8 Å². The number of H-pyrrole nitrogens is 1. The lowest BCUT2D eigenvalue weighted by Crippen LogP contribution is -2.36. The van der Waals surface area contributed by atoms with Gasteiger partial charge in [-0.25, -0.2) is 9.55 Å². The summed E-state index contributed by atoms with van der Waals surface area (Å²) in [6, 6.07) is 0. The Morgan fingerprint density at radius 2 is 1.52 bits per heavy atom. The highest BCUT2D eigenvalue weighted by Crippen LogP contribution is 2.22. The van der Waals surface area contributed by atoms with E-state index in [1.54, 1.807) is 0 Å². The van der Waals surface area contributed by atoms with Crippen molar-refractivity contribution in [3.05, 3.63) is 18.2 Å². The first-order valence-corrected chi connectivity index (χ1v) is 9.40. The van der Waals surface area contributed by atoms with Crippen LogP contribution in [0.15, 0.2) is 12.4 Å². The highest BCUT2D eigenvalue weighted by Gasteiger charge is 2.19. The molecule has 0 spiro atoms. The first kappa shape index (κ1) is 18.3. The third-order valence-corrected chi connectivity index (χ3v) is 4.67. The highest BCUT2D eigenvalue weighted by atomic mass is 15.1. The van der Waals surface area contributed by atoms with Gasteiger partial charge in [-0.1, -0.05) is 71.6 Å². The van der Waals surface area contributed by atoms with E-state index >= 15 is 0 Å². The SMILES string of the molecule is CCCCCCCCCCC[C@H](CC)c1[nH]cc[n+]1CC. The molecule has 0 aliphatic carbocycles. The van der Waals surface area contributed by atoms with Crippen LogP contribution in [-0.4, -0.2) is 4.98 Å². The third kappa shape index (κ3) is 7.15. The van der Waals surface area contributed by atoms with Crippen LogP contribution >= 0.6 is 0 Å². The molecule has 1 atom stereocenters. The second-order valence-electron chi connectivity index (χ2n) is 6.35. The summed E-state index contributed by atoms with van der Waals surface area (Å²) in [4.78, 5) is 3.45. The molecule has 122 valence electrons. The van der Waals surface area contributed by atoms with Crippen LogP contribution in [0.2, 0.25) is 0 Å². The number of nitrogens with one attached hydrogen (secondary N) is 1. The summed E-state index contributed by atoms with van der Waals surface area (Å²) in [6.07, 6.45) is 19.6. The molecule has 0 aromatic carbocycles. The molecule has 2 heteroatoms. The first-order chi connectivity index (χ1) is 10.3. The van der Waals surface area contributed by atoms with Gasteiger partial charge in [0.05, 0.1) is 12.5 Å². The van der Waals surface area contributed by atoms with Gasteiger partial charge in [-0.3, -0.25) is 0 Å². The van der Waals surface area contributed by atoms with Crippen molar-refractivity contribution in [1.82, 2.24) is 4.98 Å². The van der Waals surface area contributed by atoms with Crippen molar-refractivity contribution in [3.63, 3.8) is 0 Å². The molecule has 2 nitrogen and oxygen atoms in total. The minimum absolute atomic E-state index is 0.713. The van der Waals surface area contributed by atoms with Gasteiger partial charge in [0.25, 0.3) is 5.82 Å². The highest BCUT2D eigenvalue weighted by molar-refractivity contribution is 4.89. The number of aromatic nitrogens is 2. The molecular weight excluding hydrogens is 256 g/mol. The Balaban J connectivity index is 2.10. The van der Waals surface area contributed by atoms with Crippen molar-refractivity contribution in [1.29, 1.82) is 0 Å². The zero-order valence-corrected chi connectivity index (χ0v) is 14.7. The molecule has 0 radical (unpaired) electrons. The van der Waals surface area contributed by atoms with Crippen LogP contribution < -0.4 is 4.57 Å². The van der Waals surface area contributed by atoms with E-state index in [2.05, 4.69) is 42.7 Å². The summed E-state index contributed by atoms with van der Waals surface area (Å²) in [5.74, 6) is 2.14. The van der Waals surface area contributed by atoms with Gasteiger partial charge in [-0.15, -0.1) is 0 Å². The summed E-state index contributed by atoms with van der Waals surface area (Å²) in [5.41, 5.74) is 0. The standard InChI is InChI=1S/C19H36N2/c1-4-7-8-9-10-11-12-13-14-15-18(5-2)19-20-16-17-21(19)6-3/h16-18H,4-15H2,1-3H3/p+1/t18-/m0/s1. The summed E-state index contributed by atoms with van der Waals surface area (Å²) >= 11 is 0. The maximum atomic E-state index is 3.45. The number of nitrogens with zero attached hydrogens (tertiary/aromatic N) is 1. The van der Waals surface area contributed by atoms with Crippen LogP contribution in [0.5, 0.6) is 0 Å². The Morgan fingerprint density at radius 3 is 2.10 bits per heavy atom. The van der Waals surface area contributed by atoms with Crippen molar-refractivity contribution >= 4 is 0 Å². The Labute approximate surface area is 132 Å². The van der Waals surface area contributed by atoms with E-state index in [9.17, 15) is 0 Å². The number of unbranched alkanes of at least 4 members (excludes halogenated alkanes) is 8. The maximum absolute atomic E-state index is 3.45. The molecule has 0 amide bonds. The summed E-state index contributed by atoms with van der Waals surface area (Å²) < 4.78 is 2.36. The molecule has 0 fully saturated rings. The van der Waals surface area contributed by atoms with Gasteiger partial charge < -0.3 is 0 Å². The molecular formula is C19H37N2+. The molecule has 1 aromatic rings. The second-order valence-corrected chi connectivity index (χ2v) is 6.35. The normalized spacial score (nSPS) is 12.7. The average Bonchev–Trinajstić information content (AvgIpc) is 2.98. The maximum Gasteiger partial charge on any atom is 0.257 e. The molecule has 0 saturated heterocycles. The number of aromatic amines is 1. The first-order valence-electron chi connectivity index (χ1n) is 9.40. The number of hydrogen-bond donors (Lipinski definition) is 1. The van der Waals surface area contributed by atoms with E-state index in [0.29, 0.717) is 5.92 Å². The summed E-state index contributed by atoms with van der Waals surface area (Å²) in [7, 11) is 0. The lowest BCUT2D eigenvalue weighted by molar-refractivity contribution is -0.701. The van der Waals surface area contributed by atoms with E-state index in [0.717, 1.165) is 6.54 Å². The topological polar surface area (TPSA) is 19.7 Å². The minimum Gasteiger partial charge on any atom is -0.247 e.